The van der Waals surface area contributed by atoms with Crippen LogP contribution < -0.4 is 15.1 Å². The number of amides is 1. The number of piperazine rings is 1. The summed E-state index contributed by atoms with van der Waals surface area (Å²) in [5.41, 5.74) is 1.09. The second kappa shape index (κ2) is 6.93. The monoisotopic (exact) mass is 331 g/mol. The van der Waals surface area contributed by atoms with E-state index in [9.17, 15) is 4.79 Å². The molecule has 0 unspecified atom stereocenters. The van der Waals surface area contributed by atoms with Crippen molar-refractivity contribution in [2.45, 2.75) is 0 Å². The maximum Gasteiger partial charge on any atom is 0.278 e. The molecule has 1 aromatic carbocycles. The highest BCUT2D eigenvalue weighted by Crippen LogP contribution is 2.19. The summed E-state index contributed by atoms with van der Waals surface area (Å²) in [5.74, 6) is 0.540. The largest absolute Gasteiger partial charge is 0.353 e. The van der Waals surface area contributed by atoms with Gasteiger partial charge in [-0.15, -0.1) is 0 Å². The lowest BCUT2D eigenvalue weighted by Crippen LogP contribution is -2.44. The van der Waals surface area contributed by atoms with Gasteiger partial charge in [-0.05, 0) is 24.3 Å². The maximum absolute atomic E-state index is 12.6. The first-order valence-electron chi connectivity index (χ1n) is 7.46. The lowest BCUT2D eigenvalue weighted by molar-refractivity contribution is 0.0988. The van der Waals surface area contributed by atoms with Crippen molar-refractivity contribution in [3.05, 3.63) is 47.4 Å². The Labute approximate surface area is 140 Å². The SMILES string of the molecule is CN(C(=O)c1cncc(N2CCNCC2)n1)c1ccc(Cl)cc1. The minimum absolute atomic E-state index is 0.197. The molecule has 1 amide bonds. The zero-order valence-electron chi connectivity index (χ0n) is 12.9. The molecule has 2 heterocycles. The molecule has 0 bridgehead atoms. The third-order valence-corrected chi connectivity index (χ3v) is 4.05. The third-order valence-electron chi connectivity index (χ3n) is 3.80. The molecule has 1 saturated heterocycles. The van der Waals surface area contributed by atoms with Crippen molar-refractivity contribution in [2.75, 3.05) is 43.0 Å². The molecule has 0 saturated carbocycles. The number of anilines is 2. The van der Waals surface area contributed by atoms with Crippen molar-refractivity contribution in [2.24, 2.45) is 0 Å². The highest BCUT2D eigenvalue weighted by Gasteiger charge is 2.18. The minimum atomic E-state index is -0.197. The molecule has 0 atom stereocenters. The zero-order valence-corrected chi connectivity index (χ0v) is 13.6. The first kappa shape index (κ1) is 15.7. The molecule has 3 rings (SSSR count). The van der Waals surface area contributed by atoms with Crippen LogP contribution >= 0.6 is 11.6 Å². The van der Waals surface area contributed by atoms with E-state index in [2.05, 4.69) is 20.2 Å². The molecule has 120 valence electrons. The van der Waals surface area contributed by atoms with Crippen LogP contribution in [0.2, 0.25) is 5.02 Å². The number of benzene rings is 1. The fourth-order valence-electron chi connectivity index (χ4n) is 2.46. The second-order valence-corrected chi connectivity index (χ2v) is 5.78. The quantitative estimate of drug-likeness (QED) is 0.929. The standard InChI is InChI=1S/C16H18ClN5O/c1-21(13-4-2-12(17)3-5-13)16(23)14-10-19-11-15(20-14)22-8-6-18-7-9-22/h2-5,10-11,18H,6-9H2,1H3. The normalized spacial score (nSPS) is 14.6. The number of carbonyl (C=O) groups is 1. The summed E-state index contributed by atoms with van der Waals surface area (Å²) in [6.07, 6.45) is 3.20. The van der Waals surface area contributed by atoms with Crippen LogP contribution in [0.3, 0.4) is 0 Å². The zero-order chi connectivity index (χ0) is 16.2. The van der Waals surface area contributed by atoms with Crippen molar-refractivity contribution in [1.82, 2.24) is 15.3 Å². The van der Waals surface area contributed by atoms with Crippen molar-refractivity contribution in [1.29, 1.82) is 0 Å². The summed E-state index contributed by atoms with van der Waals surface area (Å²) in [4.78, 5) is 25.0. The van der Waals surface area contributed by atoms with Crippen LogP contribution in [0.1, 0.15) is 10.5 Å². The van der Waals surface area contributed by atoms with Crippen molar-refractivity contribution < 1.29 is 4.79 Å². The Kier molecular flexibility index (Phi) is 4.73. The molecule has 1 aromatic heterocycles. The summed E-state index contributed by atoms with van der Waals surface area (Å²) in [5, 5.41) is 3.92. The summed E-state index contributed by atoms with van der Waals surface area (Å²) in [6, 6.07) is 7.11. The van der Waals surface area contributed by atoms with Crippen molar-refractivity contribution in [3.8, 4) is 0 Å². The molecule has 1 fully saturated rings. The first-order valence-corrected chi connectivity index (χ1v) is 7.84. The molecule has 23 heavy (non-hydrogen) atoms. The molecule has 0 aliphatic carbocycles. The van der Waals surface area contributed by atoms with Gasteiger partial charge in [0.25, 0.3) is 5.91 Å². The summed E-state index contributed by atoms with van der Waals surface area (Å²) < 4.78 is 0. The van der Waals surface area contributed by atoms with Gasteiger partial charge in [-0.1, -0.05) is 11.6 Å². The Hall–Kier alpha value is -2.18. The van der Waals surface area contributed by atoms with Gasteiger partial charge in [0.2, 0.25) is 0 Å². The van der Waals surface area contributed by atoms with E-state index in [1.165, 1.54) is 6.20 Å². The Morgan fingerprint density at radius 2 is 1.91 bits per heavy atom. The van der Waals surface area contributed by atoms with Crippen LogP contribution in [-0.2, 0) is 0 Å². The number of rotatable bonds is 3. The van der Waals surface area contributed by atoms with Crippen molar-refractivity contribution >= 4 is 29.0 Å². The van der Waals surface area contributed by atoms with E-state index < -0.39 is 0 Å². The second-order valence-electron chi connectivity index (χ2n) is 5.34. The fraction of sp³-hybridized carbons (Fsp3) is 0.312. The number of halogens is 1. The van der Waals surface area contributed by atoms with Gasteiger partial charge in [0.05, 0.1) is 12.4 Å². The molecule has 1 N–H and O–H groups in total. The van der Waals surface area contributed by atoms with Crippen LogP contribution in [0.5, 0.6) is 0 Å². The van der Waals surface area contributed by atoms with Crippen molar-refractivity contribution in [3.63, 3.8) is 0 Å². The van der Waals surface area contributed by atoms with Crippen LogP contribution in [0.25, 0.3) is 0 Å². The Bertz CT molecular complexity index is 685. The Morgan fingerprint density at radius 1 is 1.22 bits per heavy atom. The smallest absolute Gasteiger partial charge is 0.278 e. The van der Waals surface area contributed by atoms with Gasteiger partial charge in [0, 0.05) is 43.9 Å². The minimum Gasteiger partial charge on any atom is -0.353 e. The van der Waals surface area contributed by atoms with Gasteiger partial charge in [-0.2, -0.15) is 0 Å². The van der Waals surface area contributed by atoms with E-state index in [-0.39, 0.29) is 5.91 Å². The molecule has 2 aromatic rings. The molecule has 1 aliphatic rings. The molecule has 0 spiro atoms. The topological polar surface area (TPSA) is 61.4 Å². The van der Waals surface area contributed by atoms with E-state index in [1.807, 2.05) is 0 Å². The third kappa shape index (κ3) is 3.60. The summed E-state index contributed by atoms with van der Waals surface area (Å²) in [6.45, 7) is 3.54. The maximum atomic E-state index is 12.6. The molecular weight excluding hydrogens is 314 g/mol. The van der Waals surface area contributed by atoms with Crippen LogP contribution in [-0.4, -0.2) is 49.1 Å². The van der Waals surface area contributed by atoms with Gasteiger partial charge in [0.15, 0.2) is 0 Å². The number of hydrogen-bond donors (Lipinski definition) is 1. The molecule has 0 radical (unpaired) electrons. The van der Waals surface area contributed by atoms with E-state index >= 15 is 0 Å². The number of hydrogen-bond acceptors (Lipinski definition) is 5. The van der Waals surface area contributed by atoms with E-state index in [0.29, 0.717) is 10.7 Å². The van der Waals surface area contributed by atoms with Gasteiger partial charge in [-0.3, -0.25) is 9.78 Å². The number of nitrogens with zero attached hydrogens (tertiary/aromatic N) is 4. The molecular formula is C16H18ClN5O. The van der Waals surface area contributed by atoms with Crippen LogP contribution in [0.4, 0.5) is 11.5 Å². The lowest BCUT2D eigenvalue weighted by atomic mass is 10.2. The van der Waals surface area contributed by atoms with E-state index in [0.717, 1.165) is 37.7 Å². The average molecular weight is 332 g/mol. The fourth-order valence-corrected chi connectivity index (χ4v) is 2.58. The predicted octanol–water partition coefficient (Wildman–Crippen LogP) is 1.82. The Balaban J connectivity index is 1.80. The number of nitrogens with one attached hydrogen (secondary N) is 1. The predicted molar refractivity (Wildman–Crippen MR) is 91.3 cm³/mol. The Morgan fingerprint density at radius 3 is 2.61 bits per heavy atom. The lowest BCUT2D eigenvalue weighted by Gasteiger charge is -2.28. The van der Waals surface area contributed by atoms with Gasteiger partial charge in [-0.25, -0.2) is 4.98 Å². The van der Waals surface area contributed by atoms with Gasteiger partial charge >= 0.3 is 0 Å². The van der Waals surface area contributed by atoms with E-state index in [1.54, 1.807) is 42.4 Å². The molecule has 6 nitrogen and oxygen atoms in total. The number of aromatic nitrogens is 2. The number of carbonyl (C=O) groups excluding carboxylic acids is 1. The molecule has 7 heteroatoms. The first-order chi connectivity index (χ1) is 11.1. The van der Waals surface area contributed by atoms with Gasteiger partial charge in [0.1, 0.15) is 11.5 Å². The summed E-state index contributed by atoms with van der Waals surface area (Å²) in [7, 11) is 1.71. The van der Waals surface area contributed by atoms with Crippen LogP contribution in [0, 0.1) is 0 Å². The molecule has 1 aliphatic heterocycles. The average Bonchev–Trinajstić information content (AvgIpc) is 2.62. The van der Waals surface area contributed by atoms with Gasteiger partial charge < -0.3 is 15.1 Å². The van der Waals surface area contributed by atoms with E-state index in [4.69, 9.17) is 11.6 Å². The summed E-state index contributed by atoms with van der Waals surface area (Å²) >= 11 is 5.88. The highest BCUT2D eigenvalue weighted by molar-refractivity contribution is 6.30. The highest BCUT2D eigenvalue weighted by atomic mass is 35.5. The van der Waals surface area contributed by atoms with Crippen LogP contribution in [0.15, 0.2) is 36.7 Å².